The molecule has 0 radical (unpaired) electrons. The highest BCUT2D eigenvalue weighted by atomic mass is 16.5. The van der Waals surface area contributed by atoms with Crippen LogP contribution < -0.4 is 14.8 Å². The first kappa shape index (κ1) is 15.8. The molecular weight excluding hydrogens is 238 g/mol. The molecule has 3 nitrogen and oxygen atoms in total. The summed E-state index contributed by atoms with van der Waals surface area (Å²) in [6.45, 7) is 7.70. The van der Waals surface area contributed by atoms with Gasteiger partial charge in [-0.1, -0.05) is 13.0 Å². The molecule has 0 aliphatic heterocycles. The standard InChI is InChI=1S/C16H27NO2/c1-5-11-19-15-10-9-14(8-7-13(3)17-4)12-16(15)18-6-2/h9-10,12-13,17H,5-8,11H2,1-4H3. The number of aryl methyl sites for hydroxylation is 1. The lowest BCUT2D eigenvalue weighted by atomic mass is 10.1. The van der Waals surface area contributed by atoms with Crippen LogP contribution in [0.5, 0.6) is 11.5 Å². The topological polar surface area (TPSA) is 30.5 Å². The van der Waals surface area contributed by atoms with E-state index in [4.69, 9.17) is 9.47 Å². The minimum absolute atomic E-state index is 0.534. The fraction of sp³-hybridized carbons (Fsp3) is 0.625. The molecule has 0 fully saturated rings. The maximum atomic E-state index is 5.70. The van der Waals surface area contributed by atoms with Crippen molar-refractivity contribution >= 4 is 0 Å². The first-order valence-corrected chi connectivity index (χ1v) is 7.27. The molecule has 0 saturated heterocycles. The third kappa shape index (κ3) is 5.52. The first-order chi connectivity index (χ1) is 9.21. The smallest absolute Gasteiger partial charge is 0.161 e. The Hall–Kier alpha value is -1.22. The summed E-state index contributed by atoms with van der Waals surface area (Å²) in [6.07, 6.45) is 3.18. The summed E-state index contributed by atoms with van der Waals surface area (Å²) in [6, 6.07) is 6.80. The maximum absolute atomic E-state index is 5.70. The zero-order chi connectivity index (χ0) is 14.1. The molecule has 3 heteroatoms. The summed E-state index contributed by atoms with van der Waals surface area (Å²) in [5.41, 5.74) is 1.30. The molecule has 1 atom stereocenters. The van der Waals surface area contributed by atoms with E-state index in [0.29, 0.717) is 12.6 Å². The number of nitrogens with one attached hydrogen (secondary N) is 1. The van der Waals surface area contributed by atoms with Crippen LogP contribution in [-0.2, 0) is 6.42 Å². The zero-order valence-electron chi connectivity index (χ0n) is 12.7. The van der Waals surface area contributed by atoms with E-state index in [2.05, 4.69) is 31.3 Å². The van der Waals surface area contributed by atoms with Gasteiger partial charge in [-0.25, -0.2) is 0 Å². The van der Waals surface area contributed by atoms with Gasteiger partial charge in [0.25, 0.3) is 0 Å². The molecule has 1 unspecified atom stereocenters. The minimum atomic E-state index is 0.534. The third-order valence-electron chi connectivity index (χ3n) is 3.13. The van der Waals surface area contributed by atoms with Crippen LogP contribution in [0.2, 0.25) is 0 Å². The molecule has 1 aromatic rings. The Morgan fingerprint density at radius 1 is 1.16 bits per heavy atom. The zero-order valence-corrected chi connectivity index (χ0v) is 12.7. The van der Waals surface area contributed by atoms with Gasteiger partial charge in [-0.2, -0.15) is 0 Å². The predicted octanol–water partition coefficient (Wildman–Crippen LogP) is 3.41. The number of hydrogen-bond donors (Lipinski definition) is 1. The lowest BCUT2D eigenvalue weighted by Crippen LogP contribution is -2.21. The van der Waals surface area contributed by atoms with Crippen molar-refractivity contribution in [2.75, 3.05) is 20.3 Å². The Kier molecular flexibility index (Phi) is 7.34. The fourth-order valence-electron chi connectivity index (χ4n) is 1.84. The van der Waals surface area contributed by atoms with E-state index >= 15 is 0 Å². The van der Waals surface area contributed by atoms with Crippen molar-refractivity contribution < 1.29 is 9.47 Å². The van der Waals surface area contributed by atoms with Crippen molar-refractivity contribution in [3.63, 3.8) is 0 Å². The average Bonchev–Trinajstić information content (AvgIpc) is 2.44. The van der Waals surface area contributed by atoms with Gasteiger partial charge in [0.1, 0.15) is 0 Å². The Balaban J connectivity index is 2.71. The number of hydrogen-bond acceptors (Lipinski definition) is 3. The van der Waals surface area contributed by atoms with Crippen molar-refractivity contribution in [1.82, 2.24) is 5.32 Å². The Morgan fingerprint density at radius 2 is 1.95 bits per heavy atom. The molecule has 0 aliphatic rings. The lowest BCUT2D eigenvalue weighted by Gasteiger charge is -2.14. The van der Waals surface area contributed by atoms with Crippen LogP contribution in [-0.4, -0.2) is 26.3 Å². The van der Waals surface area contributed by atoms with Gasteiger partial charge < -0.3 is 14.8 Å². The molecule has 0 heterocycles. The number of benzene rings is 1. The Bertz CT molecular complexity index is 366. The monoisotopic (exact) mass is 265 g/mol. The second-order valence-corrected chi connectivity index (χ2v) is 4.79. The first-order valence-electron chi connectivity index (χ1n) is 7.27. The molecule has 0 amide bonds. The van der Waals surface area contributed by atoms with E-state index in [1.54, 1.807) is 0 Å². The summed E-state index contributed by atoms with van der Waals surface area (Å²) in [5.74, 6) is 1.72. The minimum Gasteiger partial charge on any atom is -0.490 e. The van der Waals surface area contributed by atoms with Gasteiger partial charge in [0.2, 0.25) is 0 Å². The fourth-order valence-corrected chi connectivity index (χ4v) is 1.84. The molecular formula is C16H27NO2. The summed E-state index contributed by atoms with van der Waals surface area (Å²) < 4.78 is 11.4. The molecule has 0 spiro atoms. The predicted molar refractivity (Wildman–Crippen MR) is 80.2 cm³/mol. The highest BCUT2D eigenvalue weighted by Crippen LogP contribution is 2.29. The Labute approximate surface area is 117 Å². The summed E-state index contributed by atoms with van der Waals surface area (Å²) in [4.78, 5) is 0. The number of rotatable bonds is 9. The van der Waals surface area contributed by atoms with Crippen LogP contribution in [0.15, 0.2) is 18.2 Å². The average molecular weight is 265 g/mol. The van der Waals surface area contributed by atoms with Gasteiger partial charge in [0, 0.05) is 6.04 Å². The van der Waals surface area contributed by atoms with Gasteiger partial charge in [0.15, 0.2) is 11.5 Å². The number of ether oxygens (including phenoxy) is 2. The maximum Gasteiger partial charge on any atom is 0.161 e. The molecule has 108 valence electrons. The van der Waals surface area contributed by atoms with Crippen molar-refractivity contribution in [2.24, 2.45) is 0 Å². The van der Waals surface area contributed by atoms with E-state index < -0.39 is 0 Å². The van der Waals surface area contributed by atoms with E-state index in [1.807, 2.05) is 20.0 Å². The van der Waals surface area contributed by atoms with Crippen LogP contribution in [0.4, 0.5) is 0 Å². The molecule has 1 rings (SSSR count). The molecule has 1 aromatic carbocycles. The van der Waals surface area contributed by atoms with Crippen molar-refractivity contribution in [2.45, 2.75) is 46.1 Å². The van der Waals surface area contributed by atoms with E-state index in [9.17, 15) is 0 Å². The van der Waals surface area contributed by atoms with E-state index in [1.165, 1.54) is 5.56 Å². The van der Waals surface area contributed by atoms with Crippen LogP contribution in [0.3, 0.4) is 0 Å². The quantitative estimate of drug-likeness (QED) is 0.742. The van der Waals surface area contributed by atoms with Crippen molar-refractivity contribution in [3.05, 3.63) is 23.8 Å². The molecule has 19 heavy (non-hydrogen) atoms. The lowest BCUT2D eigenvalue weighted by molar-refractivity contribution is 0.276. The second kappa shape index (κ2) is 8.81. The van der Waals surface area contributed by atoms with Gasteiger partial charge >= 0.3 is 0 Å². The molecule has 0 saturated carbocycles. The molecule has 0 aliphatic carbocycles. The largest absolute Gasteiger partial charge is 0.490 e. The normalized spacial score (nSPS) is 12.2. The van der Waals surface area contributed by atoms with Crippen LogP contribution in [0.1, 0.15) is 39.2 Å². The van der Waals surface area contributed by atoms with Crippen LogP contribution in [0, 0.1) is 0 Å². The van der Waals surface area contributed by atoms with Gasteiger partial charge in [-0.15, -0.1) is 0 Å². The van der Waals surface area contributed by atoms with Gasteiger partial charge in [-0.3, -0.25) is 0 Å². The Morgan fingerprint density at radius 3 is 2.58 bits per heavy atom. The van der Waals surface area contributed by atoms with Gasteiger partial charge in [0.05, 0.1) is 13.2 Å². The highest BCUT2D eigenvalue weighted by Gasteiger charge is 2.07. The summed E-state index contributed by atoms with van der Waals surface area (Å²) in [5, 5.41) is 3.26. The van der Waals surface area contributed by atoms with Crippen LogP contribution in [0.25, 0.3) is 0 Å². The van der Waals surface area contributed by atoms with Gasteiger partial charge in [-0.05, 0) is 57.9 Å². The molecule has 1 N–H and O–H groups in total. The molecule has 0 bridgehead atoms. The highest BCUT2D eigenvalue weighted by molar-refractivity contribution is 5.43. The molecule has 0 aromatic heterocycles. The third-order valence-corrected chi connectivity index (χ3v) is 3.13. The van der Waals surface area contributed by atoms with Crippen LogP contribution >= 0.6 is 0 Å². The SMILES string of the molecule is CCCOc1ccc(CCC(C)NC)cc1OCC. The van der Waals surface area contributed by atoms with E-state index in [0.717, 1.165) is 37.4 Å². The second-order valence-electron chi connectivity index (χ2n) is 4.79. The van der Waals surface area contributed by atoms with E-state index in [-0.39, 0.29) is 0 Å². The van der Waals surface area contributed by atoms with Crippen molar-refractivity contribution in [1.29, 1.82) is 0 Å². The summed E-state index contributed by atoms with van der Waals surface area (Å²) >= 11 is 0. The summed E-state index contributed by atoms with van der Waals surface area (Å²) in [7, 11) is 2.00. The van der Waals surface area contributed by atoms with Crippen molar-refractivity contribution in [3.8, 4) is 11.5 Å².